The molecule has 37 heavy (non-hydrogen) atoms. The van der Waals surface area contributed by atoms with Crippen LogP contribution in [-0.4, -0.2) is 35.4 Å². The zero-order valence-corrected chi connectivity index (χ0v) is 20.3. The van der Waals surface area contributed by atoms with Crippen molar-refractivity contribution in [3.05, 3.63) is 107 Å². The van der Waals surface area contributed by atoms with Gasteiger partial charge in [0.05, 0.1) is 24.7 Å². The maximum absolute atomic E-state index is 13.3. The first-order valence-corrected chi connectivity index (χ1v) is 12.3. The van der Waals surface area contributed by atoms with Crippen LogP contribution in [0.3, 0.4) is 0 Å². The minimum Gasteiger partial charge on any atom is -0.461 e. The van der Waals surface area contributed by atoms with E-state index in [1.165, 1.54) is 0 Å². The summed E-state index contributed by atoms with van der Waals surface area (Å²) in [5.74, 6) is -1.09. The number of hydrogen-bond acceptors (Lipinski definition) is 6. The number of esters is 2. The van der Waals surface area contributed by atoms with Gasteiger partial charge in [0.1, 0.15) is 13.2 Å². The summed E-state index contributed by atoms with van der Waals surface area (Å²) in [6.45, 7) is 0.970. The summed E-state index contributed by atoms with van der Waals surface area (Å²) >= 11 is 0. The Kier molecular flexibility index (Phi) is 7.42. The Balaban J connectivity index is 1.30. The fourth-order valence-corrected chi connectivity index (χ4v) is 4.22. The Morgan fingerprint density at radius 3 is 2.14 bits per heavy atom. The smallest absolute Gasteiger partial charge is 0.338 e. The maximum Gasteiger partial charge on any atom is 0.338 e. The zero-order chi connectivity index (χ0) is 25.6. The Bertz CT molecular complexity index is 1410. The predicted molar refractivity (Wildman–Crippen MR) is 137 cm³/mol. The molecule has 5 rings (SSSR count). The lowest BCUT2D eigenvalue weighted by Gasteiger charge is -2.07. The Labute approximate surface area is 214 Å². The number of fused-ring (bicyclic) bond motifs is 1. The number of ketones is 1. The molecule has 1 aliphatic heterocycles. The molecule has 1 N–H and O–H groups in total. The van der Waals surface area contributed by atoms with Gasteiger partial charge in [0.15, 0.2) is 5.78 Å². The van der Waals surface area contributed by atoms with Gasteiger partial charge in [-0.25, -0.2) is 4.79 Å². The van der Waals surface area contributed by atoms with Crippen LogP contribution in [0.25, 0.3) is 10.9 Å². The Hall–Kier alpha value is -4.23. The number of benzene rings is 3. The van der Waals surface area contributed by atoms with Gasteiger partial charge in [0.25, 0.3) is 0 Å². The molecule has 7 nitrogen and oxygen atoms in total. The van der Waals surface area contributed by atoms with Gasteiger partial charge in [0.2, 0.25) is 0 Å². The third kappa shape index (κ3) is 6.32. The fraction of sp³-hybridized carbons (Fsp3) is 0.233. The summed E-state index contributed by atoms with van der Waals surface area (Å²) < 4.78 is 16.2. The molecule has 1 aliphatic rings. The monoisotopic (exact) mass is 497 g/mol. The largest absolute Gasteiger partial charge is 0.461 e. The summed E-state index contributed by atoms with van der Waals surface area (Å²) in [6, 6.07) is 24.0. The fourth-order valence-electron chi connectivity index (χ4n) is 4.22. The lowest BCUT2D eigenvalue weighted by atomic mass is 9.99. The molecular weight excluding hydrogens is 470 g/mol. The third-order valence-electron chi connectivity index (χ3n) is 6.24. The van der Waals surface area contributed by atoms with Crippen molar-refractivity contribution in [2.45, 2.75) is 38.6 Å². The molecule has 1 aromatic heterocycles. The topological polar surface area (TPSA) is 98.0 Å². The van der Waals surface area contributed by atoms with E-state index < -0.39 is 11.9 Å². The van der Waals surface area contributed by atoms with Crippen LogP contribution in [0, 0.1) is 0 Å². The van der Waals surface area contributed by atoms with Crippen molar-refractivity contribution in [2.24, 2.45) is 0 Å². The van der Waals surface area contributed by atoms with Crippen LogP contribution in [0.2, 0.25) is 0 Å². The number of epoxide rings is 1. The molecule has 4 aromatic rings. The van der Waals surface area contributed by atoms with Crippen molar-refractivity contribution < 1.29 is 28.6 Å². The number of H-pyrrole nitrogens is 1. The average Bonchev–Trinajstić information content (AvgIpc) is 3.68. The van der Waals surface area contributed by atoms with E-state index in [1.54, 1.807) is 18.2 Å². The van der Waals surface area contributed by atoms with E-state index in [1.807, 2.05) is 60.7 Å². The lowest BCUT2D eigenvalue weighted by Crippen LogP contribution is -2.10. The molecule has 0 amide bonds. The Morgan fingerprint density at radius 2 is 1.49 bits per heavy atom. The molecule has 0 radical (unpaired) electrons. The van der Waals surface area contributed by atoms with Crippen LogP contribution in [-0.2, 0) is 38.6 Å². The molecule has 1 fully saturated rings. The van der Waals surface area contributed by atoms with E-state index >= 15 is 0 Å². The molecule has 0 saturated carbocycles. The first-order valence-electron chi connectivity index (χ1n) is 12.3. The molecule has 1 atom stereocenters. The first-order chi connectivity index (χ1) is 18.1. The Morgan fingerprint density at radius 1 is 0.838 bits per heavy atom. The SMILES string of the molecule is O=C(CCC(=O)c1c(CC2CO2)[nH]c2ccc(C(=O)OCc3ccccc3)cc12)OCc1ccccc1. The highest BCUT2D eigenvalue weighted by Crippen LogP contribution is 2.29. The number of hydrogen-bond donors (Lipinski definition) is 1. The molecule has 0 bridgehead atoms. The predicted octanol–water partition coefficient (Wildman–Crippen LogP) is 5.17. The van der Waals surface area contributed by atoms with Gasteiger partial charge >= 0.3 is 11.9 Å². The number of aromatic nitrogens is 1. The summed E-state index contributed by atoms with van der Waals surface area (Å²) in [6.07, 6.45) is 0.589. The van der Waals surface area contributed by atoms with Crippen molar-refractivity contribution in [2.75, 3.05) is 6.61 Å². The van der Waals surface area contributed by atoms with Crippen molar-refractivity contribution in [3.8, 4) is 0 Å². The number of nitrogens with one attached hydrogen (secondary N) is 1. The summed E-state index contributed by atoms with van der Waals surface area (Å²) in [5.41, 5.74) is 4.10. The standard InChI is InChI=1S/C30H27NO6/c32-27(13-14-28(33)36-17-20-7-3-1-4-8-20)29-24-15-22(30(34)37-18-21-9-5-2-6-10-21)11-12-25(24)31-26(29)16-23-19-35-23/h1-12,15,23,31H,13-14,16-19H2. The van der Waals surface area contributed by atoms with Crippen LogP contribution < -0.4 is 0 Å². The number of aromatic amines is 1. The number of rotatable bonds is 11. The first kappa shape index (κ1) is 24.5. The lowest BCUT2D eigenvalue weighted by molar-refractivity contribution is -0.144. The molecule has 7 heteroatoms. The van der Waals surface area contributed by atoms with Crippen LogP contribution in [0.4, 0.5) is 0 Å². The second-order valence-corrected chi connectivity index (χ2v) is 9.03. The van der Waals surface area contributed by atoms with Crippen molar-refractivity contribution in [3.63, 3.8) is 0 Å². The third-order valence-corrected chi connectivity index (χ3v) is 6.24. The molecule has 1 saturated heterocycles. The van der Waals surface area contributed by atoms with E-state index in [4.69, 9.17) is 14.2 Å². The number of Topliss-reactive ketones (excluding diaryl/α,β-unsaturated/α-hetero) is 1. The molecular formula is C30H27NO6. The van der Waals surface area contributed by atoms with E-state index in [2.05, 4.69) is 4.98 Å². The van der Waals surface area contributed by atoms with Crippen LogP contribution in [0.15, 0.2) is 78.9 Å². The van der Waals surface area contributed by atoms with Gasteiger partial charge in [-0.3, -0.25) is 9.59 Å². The highest BCUT2D eigenvalue weighted by Gasteiger charge is 2.28. The van der Waals surface area contributed by atoms with Crippen molar-refractivity contribution in [1.29, 1.82) is 0 Å². The van der Waals surface area contributed by atoms with Crippen LogP contribution in [0.5, 0.6) is 0 Å². The summed E-state index contributed by atoms with van der Waals surface area (Å²) in [7, 11) is 0. The summed E-state index contributed by atoms with van der Waals surface area (Å²) in [4.78, 5) is 41.7. The number of carbonyl (C=O) groups excluding carboxylic acids is 3. The van der Waals surface area contributed by atoms with Gasteiger partial charge in [0, 0.05) is 35.0 Å². The maximum atomic E-state index is 13.3. The number of carbonyl (C=O) groups is 3. The zero-order valence-electron chi connectivity index (χ0n) is 20.3. The highest BCUT2D eigenvalue weighted by molar-refractivity contribution is 6.11. The highest BCUT2D eigenvalue weighted by atomic mass is 16.6. The quantitative estimate of drug-likeness (QED) is 0.174. The van der Waals surface area contributed by atoms with E-state index in [0.717, 1.165) is 22.3 Å². The van der Waals surface area contributed by atoms with Gasteiger partial charge in [-0.1, -0.05) is 60.7 Å². The van der Waals surface area contributed by atoms with Crippen LogP contribution >= 0.6 is 0 Å². The molecule has 0 spiro atoms. The molecule has 0 aliphatic carbocycles. The van der Waals surface area contributed by atoms with Gasteiger partial charge in [-0.15, -0.1) is 0 Å². The normalized spacial score (nSPS) is 14.3. The van der Waals surface area contributed by atoms with Crippen molar-refractivity contribution in [1.82, 2.24) is 4.98 Å². The minimum absolute atomic E-state index is 0.00177. The summed E-state index contributed by atoms with van der Waals surface area (Å²) in [5, 5.41) is 0.632. The molecule has 1 unspecified atom stereocenters. The molecule has 2 heterocycles. The van der Waals surface area contributed by atoms with Crippen LogP contribution in [0.1, 0.15) is 50.4 Å². The van der Waals surface area contributed by atoms with E-state index in [0.29, 0.717) is 29.5 Å². The van der Waals surface area contributed by atoms with Gasteiger partial charge < -0.3 is 19.2 Å². The van der Waals surface area contributed by atoms with E-state index in [9.17, 15) is 14.4 Å². The molecule has 3 aromatic carbocycles. The number of ether oxygens (including phenoxy) is 3. The molecule has 188 valence electrons. The van der Waals surface area contributed by atoms with Gasteiger partial charge in [-0.2, -0.15) is 0 Å². The van der Waals surface area contributed by atoms with Gasteiger partial charge in [-0.05, 0) is 29.3 Å². The van der Waals surface area contributed by atoms with Crippen molar-refractivity contribution >= 4 is 28.6 Å². The minimum atomic E-state index is -0.470. The second kappa shape index (κ2) is 11.2. The second-order valence-electron chi connectivity index (χ2n) is 9.03. The van der Waals surface area contributed by atoms with E-state index in [-0.39, 0.29) is 37.9 Å². The average molecular weight is 498 g/mol.